The molecule has 4 amide bonds. The number of nitrogens with zero attached hydrogens (tertiary/aromatic N) is 2. The minimum absolute atomic E-state index is 0.0679. The lowest BCUT2D eigenvalue weighted by Gasteiger charge is -2.24. The van der Waals surface area contributed by atoms with Gasteiger partial charge in [0.2, 0.25) is 0 Å². The average molecular weight is 475 g/mol. The van der Waals surface area contributed by atoms with E-state index in [4.69, 9.17) is 16.3 Å². The fraction of sp³-hybridized carbons (Fsp3) is 0.182. The van der Waals surface area contributed by atoms with E-state index in [9.17, 15) is 18.8 Å². The third kappa shape index (κ3) is 4.13. The van der Waals surface area contributed by atoms with Crippen molar-refractivity contribution in [3.8, 4) is 5.75 Å². The van der Waals surface area contributed by atoms with Crippen LogP contribution in [0.5, 0.6) is 5.75 Å². The van der Waals surface area contributed by atoms with Gasteiger partial charge in [-0.05, 0) is 41.3 Å². The highest BCUT2D eigenvalue weighted by Crippen LogP contribution is 2.34. The monoisotopic (exact) mass is 474 g/mol. The highest BCUT2D eigenvalue weighted by Gasteiger charge is 2.51. The molecule has 0 aliphatic carbocycles. The molecule has 2 heterocycles. The van der Waals surface area contributed by atoms with E-state index in [-0.39, 0.29) is 18.1 Å². The number of fused-ring (bicyclic) bond motifs is 1. The zero-order valence-corrected chi connectivity index (χ0v) is 18.5. The van der Waals surface area contributed by atoms with Gasteiger partial charge in [-0.15, -0.1) is 16.7 Å². The van der Waals surface area contributed by atoms with Crippen molar-refractivity contribution < 1.29 is 28.1 Å². The Hall–Kier alpha value is -3.17. The van der Waals surface area contributed by atoms with Crippen LogP contribution in [-0.4, -0.2) is 47.0 Å². The van der Waals surface area contributed by atoms with Crippen molar-refractivity contribution in [1.82, 2.24) is 5.32 Å². The second-order valence-corrected chi connectivity index (χ2v) is 8.39. The third-order valence-corrected chi connectivity index (χ3v) is 6.38. The summed E-state index contributed by atoms with van der Waals surface area (Å²) in [6, 6.07) is 9.94. The number of nitrogens with one attached hydrogen (secondary N) is 1. The number of imide groups is 1. The average Bonchev–Trinajstić information content (AvgIpc) is 3.27. The Morgan fingerprint density at radius 1 is 1.28 bits per heavy atom. The molecule has 32 heavy (non-hydrogen) atoms. The molecule has 1 atom stereocenters. The van der Waals surface area contributed by atoms with Gasteiger partial charge < -0.3 is 10.1 Å². The van der Waals surface area contributed by atoms with Crippen LogP contribution in [0.2, 0.25) is 5.02 Å². The molecule has 2 aliphatic rings. The van der Waals surface area contributed by atoms with E-state index in [1.807, 2.05) is 0 Å². The molecular weight excluding hydrogens is 457 g/mol. The Bertz CT molecular complexity index is 1180. The summed E-state index contributed by atoms with van der Waals surface area (Å²) in [4.78, 5) is 40.1. The van der Waals surface area contributed by atoms with Crippen LogP contribution in [0.4, 0.5) is 14.9 Å². The number of amides is 4. The number of para-hydroxylation sites is 2. The van der Waals surface area contributed by atoms with Crippen molar-refractivity contribution in [3.63, 3.8) is 0 Å². The first kappa shape index (κ1) is 22.0. The Kier molecular flexibility index (Phi) is 6.29. The summed E-state index contributed by atoms with van der Waals surface area (Å²) in [6.45, 7) is -0.230. The Morgan fingerprint density at radius 2 is 2.06 bits per heavy atom. The lowest BCUT2D eigenvalue weighted by Crippen LogP contribution is -2.57. The number of carbonyl (C=O) groups is 3. The quantitative estimate of drug-likeness (QED) is 0.649. The minimum Gasteiger partial charge on any atom is -0.492 e. The fourth-order valence-electron chi connectivity index (χ4n) is 3.46. The van der Waals surface area contributed by atoms with Crippen LogP contribution in [0.1, 0.15) is 5.56 Å². The van der Waals surface area contributed by atoms with Gasteiger partial charge in [-0.25, -0.2) is 9.18 Å². The van der Waals surface area contributed by atoms with Gasteiger partial charge in [0, 0.05) is 11.6 Å². The number of carbonyl (C=O) groups excluding carboxylic acids is 3. The summed E-state index contributed by atoms with van der Waals surface area (Å²) in [5.74, 6) is -0.967. The molecule has 0 aromatic heterocycles. The molecule has 0 saturated heterocycles. The van der Waals surface area contributed by atoms with Crippen molar-refractivity contribution in [1.29, 1.82) is 0 Å². The predicted molar refractivity (Wildman–Crippen MR) is 120 cm³/mol. The van der Waals surface area contributed by atoms with E-state index in [1.54, 1.807) is 35.7 Å². The first-order chi connectivity index (χ1) is 15.4. The van der Waals surface area contributed by atoms with Gasteiger partial charge in [-0.3, -0.25) is 4.79 Å². The maximum Gasteiger partial charge on any atom is 0.506 e. The number of rotatable bonds is 6. The maximum absolute atomic E-state index is 13.3. The molecule has 164 valence electrons. The summed E-state index contributed by atoms with van der Waals surface area (Å²) in [5, 5.41) is 3.96. The predicted octanol–water partition coefficient (Wildman–Crippen LogP) is 3.35. The SMILES string of the molecule is COc1ccccc1N1C(=O)C2SC=CC2=[N+](CC(=O)NCc2ccc(F)cc2Cl)C1=O. The van der Waals surface area contributed by atoms with Crippen LogP contribution in [0.3, 0.4) is 0 Å². The van der Waals surface area contributed by atoms with Gasteiger partial charge in [-0.1, -0.05) is 29.8 Å². The maximum atomic E-state index is 13.3. The largest absolute Gasteiger partial charge is 0.506 e. The molecule has 2 aromatic carbocycles. The Balaban J connectivity index is 1.58. The summed E-state index contributed by atoms with van der Waals surface area (Å²) in [7, 11) is 1.45. The lowest BCUT2D eigenvalue weighted by atomic mass is 10.1. The molecule has 0 spiro atoms. The second kappa shape index (κ2) is 9.13. The van der Waals surface area contributed by atoms with E-state index in [0.29, 0.717) is 22.7 Å². The minimum atomic E-state index is -0.645. The molecule has 10 heteroatoms. The van der Waals surface area contributed by atoms with E-state index >= 15 is 0 Å². The highest BCUT2D eigenvalue weighted by atomic mass is 35.5. The summed E-state index contributed by atoms with van der Waals surface area (Å²) < 4.78 is 19.8. The van der Waals surface area contributed by atoms with Crippen molar-refractivity contribution in [3.05, 3.63) is 70.4 Å². The highest BCUT2D eigenvalue weighted by molar-refractivity contribution is 8.04. The number of methoxy groups -OCH3 is 1. The van der Waals surface area contributed by atoms with Gasteiger partial charge >= 0.3 is 11.9 Å². The molecule has 0 bridgehead atoms. The number of urea groups is 1. The van der Waals surface area contributed by atoms with E-state index < -0.39 is 28.9 Å². The van der Waals surface area contributed by atoms with Crippen LogP contribution in [0.25, 0.3) is 0 Å². The van der Waals surface area contributed by atoms with Crippen LogP contribution >= 0.6 is 23.4 Å². The first-order valence-corrected chi connectivity index (χ1v) is 10.9. The van der Waals surface area contributed by atoms with Crippen LogP contribution < -0.4 is 15.0 Å². The molecule has 1 N–H and O–H groups in total. The number of anilines is 1. The van der Waals surface area contributed by atoms with Crippen LogP contribution in [0.15, 0.2) is 53.9 Å². The molecule has 2 aliphatic heterocycles. The molecule has 0 fully saturated rings. The van der Waals surface area contributed by atoms with E-state index in [1.165, 1.54) is 35.6 Å². The normalized spacial score (nSPS) is 17.6. The van der Waals surface area contributed by atoms with Gasteiger partial charge in [0.05, 0.1) is 7.11 Å². The number of thioether (sulfide) groups is 1. The van der Waals surface area contributed by atoms with E-state index in [0.717, 1.165) is 11.0 Å². The van der Waals surface area contributed by atoms with Crippen molar-refractivity contribution in [2.75, 3.05) is 18.6 Å². The summed E-state index contributed by atoms with van der Waals surface area (Å²) in [5.41, 5.74) is 1.30. The molecule has 1 unspecified atom stereocenters. The zero-order chi connectivity index (χ0) is 22.8. The van der Waals surface area contributed by atoms with Crippen molar-refractivity contribution >= 4 is 52.6 Å². The third-order valence-electron chi connectivity index (χ3n) is 5.02. The molecular formula is C22H18ClFN3O4S+. The molecule has 2 aromatic rings. The second-order valence-electron chi connectivity index (χ2n) is 6.97. The Morgan fingerprint density at radius 3 is 2.81 bits per heavy atom. The van der Waals surface area contributed by atoms with Crippen LogP contribution in [-0.2, 0) is 16.1 Å². The summed E-state index contributed by atoms with van der Waals surface area (Å²) >= 11 is 7.27. The zero-order valence-electron chi connectivity index (χ0n) is 16.9. The molecule has 4 rings (SSSR count). The van der Waals surface area contributed by atoms with Crippen molar-refractivity contribution in [2.24, 2.45) is 0 Å². The smallest absolute Gasteiger partial charge is 0.492 e. The molecule has 0 radical (unpaired) electrons. The van der Waals surface area contributed by atoms with Crippen molar-refractivity contribution in [2.45, 2.75) is 11.8 Å². The lowest BCUT2D eigenvalue weighted by molar-refractivity contribution is -0.415. The molecule has 0 saturated carbocycles. The topological polar surface area (TPSA) is 78.7 Å². The number of allylic oxidation sites excluding steroid dienone is 1. The van der Waals surface area contributed by atoms with Gasteiger partial charge in [0.1, 0.15) is 11.5 Å². The van der Waals surface area contributed by atoms with Gasteiger partial charge in [-0.2, -0.15) is 9.37 Å². The van der Waals surface area contributed by atoms with Gasteiger partial charge in [0.25, 0.3) is 5.91 Å². The number of benzene rings is 2. The number of halogens is 2. The van der Waals surface area contributed by atoms with Gasteiger partial charge in [0.15, 0.2) is 23.2 Å². The Labute approximate surface area is 192 Å². The number of ether oxygens (including phenoxy) is 1. The first-order valence-electron chi connectivity index (χ1n) is 9.58. The molecule has 7 nitrogen and oxygen atoms in total. The van der Waals surface area contributed by atoms with E-state index in [2.05, 4.69) is 5.32 Å². The number of hydrogen-bond donors (Lipinski definition) is 1. The fourth-order valence-corrected chi connectivity index (χ4v) is 4.63. The summed E-state index contributed by atoms with van der Waals surface area (Å²) in [6.07, 6.45) is 1.66. The number of hydrogen-bond acceptors (Lipinski definition) is 5. The van der Waals surface area contributed by atoms with Crippen LogP contribution in [0, 0.1) is 5.82 Å². The standard InChI is InChI=1S/C22H17ClFN3O4S/c1-31-18-5-3-2-4-16(18)27-21(29)20-17(8-9-32-20)26(22(27)30)12-19(28)25-11-13-6-7-14(24)10-15(13)23/h2-10,20H,11-12H2,1H3/p+1.